The van der Waals surface area contributed by atoms with E-state index in [-0.39, 0.29) is 11.8 Å². The van der Waals surface area contributed by atoms with Crippen LogP contribution >= 0.6 is 23.2 Å². The lowest BCUT2D eigenvalue weighted by Crippen LogP contribution is -2.49. The number of rotatable bonds is 3. The molecule has 1 heterocycles. The molecule has 0 radical (unpaired) electrons. The standard InChI is InChI=1S/C27H26Cl2N2O2/c28-18-11-12-22(23(29)16-18)26(32)30-24-14-13-21(19-8-2-3-9-20(19)24)27(33)31-15-5-7-17-6-1-4-10-25(17)31/h2-3,8-9,11-14,16-17,25H,1,4-7,10,15H2,(H,30,32)/t17-,25+/m1/s1. The lowest BCUT2D eigenvalue weighted by molar-refractivity contribution is 0.0392. The summed E-state index contributed by atoms with van der Waals surface area (Å²) in [5.41, 5.74) is 1.69. The summed E-state index contributed by atoms with van der Waals surface area (Å²) < 4.78 is 0. The van der Waals surface area contributed by atoms with Crippen LogP contribution in [0.5, 0.6) is 0 Å². The highest BCUT2D eigenvalue weighted by Gasteiger charge is 2.36. The number of hydrogen-bond donors (Lipinski definition) is 1. The molecule has 6 heteroatoms. The van der Waals surface area contributed by atoms with Crippen molar-refractivity contribution in [3.63, 3.8) is 0 Å². The molecule has 1 saturated carbocycles. The third kappa shape index (κ3) is 4.34. The van der Waals surface area contributed by atoms with Crippen molar-refractivity contribution in [2.24, 2.45) is 5.92 Å². The Kier molecular flexibility index (Phi) is 6.31. The second kappa shape index (κ2) is 9.36. The van der Waals surface area contributed by atoms with Crippen LogP contribution in [-0.4, -0.2) is 29.3 Å². The molecule has 2 amide bonds. The average Bonchev–Trinajstić information content (AvgIpc) is 2.83. The SMILES string of the molecule is O=C(Nc1ccc(C(=O)N2CCC[C@H]3CCCC[C@@H]32)c2ccccc12)c1ccc(Cl)cc1Cl. The van der Waals surface area contributed by atoms with Crippen LogP contribution in [0.15, 0.2) is 54.6 Å². The Morgan fingerprint density at radius 3 is 2.39 bits per heavy atom. The number of piperidine rings is 1. The summed E-state index contributed by atoms with van der Waals surface area (Å²) >= 11 is 12.2. The van der Waals surface area contributed by atoms with Crippen molar-refractivity contribution in [2.45, 2.75) is 44.6 Å². The molecule has 33 heavy (non-hydrogen) atoms. The van der Waals surface area contributed by atoms with Gasteiger partial charge in [-0.1, -0.05) is 60.3 Å². The highest BCUT2D eigenvalue weighted by Crippen LogP contribution is 2.37. The summed E-state index contributed by atoms with van der Waals surface area (Å²) in [4.78, 5) is 28.7. The van der Waals surface area contributed by atoms with Crippen molar-refractivity contribution in [1.29, 1.82) is 0 Å². The molecule has 4 nitrogen and oxygen atoms in total. The van der Waals surface area contributed by atoms with Gasteiger partial charge in [-0.25, -0.2) is 0 Å². The van der Waals surface area contributed by atoms with Crippen molar-refractivity contribution in [2.75, 3.05) is 11.9 Å². The molecule has 0 bridgehead atoms. The molecule has 0 unspecified atom stereocenters. The smallest absolute Gasteiger partial charge is 0.257 e. The molecule has 1 saturated heterocycles. The van der Waals surface area contributed by atoms with Crippen LogP contribution in [0.2, 0.25) is 10.0 Å². The zero-order valence-electron chi connectivity index (χ0n) is 18.3. The predicted octanol–water partition coefficient (Wildman–Crippen LogP) is 7.19. The van der Waals surface area contributed by atoms with Gasteiger partial charge < -0.3 is 10.2 Å². The van der Waals surface area contributed by atoms with Crippen LogP contribution in [0.4, 0.5) is 5.69 Å². The van der Waals surface area contributed by atoms with Crippen LogP contribution in [-0.2, 0) is 0 Å². The summed E-state index contributed by atoms with van der Waals surface area (Å²) in [5.74, 6) is 0.411. The second-order valence-electron chi connectivity index (χ2n) is 9.04. The monoisotopic (exact) mass is 480 g/mol. The fourth-order valence-electron chi connectivity index (χ4n) is 5.49. The number of carbonyl (C=O) groups excluding carboxylic acids is 2. The molecular formula is C27H26Cl2N2O2. The van der Waals surface area contributed by atoms with E-state index in [0.29, 0.717) is 38.8 Å². The van der Waals surface area contributed by atoms with Crippen LogP contribution in [0.3, 0.4) is 0 Å². The molecule has 5 rings (SSSR count). The van der Waals surface area contributed by atoms with Gasteiger partial charge in [0, 0.05) is 34.2 Å². The first-order valence-corrected chi connectivity index (χ1v) is 12.4. The first-order valence-electron chi connectivity index (χ1n) is 11.6. The Morgan fingerprint density at radius 2 is 1.58 bits per heavy atom. The van der Waals surface area contributed by atoms with Crippen molar-refractivity contribution in [1.82, 2.24) is 4.90 Å². The van der Waals surface area contributed by atoms with Gasteiger partial charge in [-0.05, 0) is 67.3 Å². The minimum absolute atomic E-state index is 0.0985. The fourth-order valence-corrected chi connectivity index (χ4v) is 5.98. The zero-order chi connectivity index (χ0) is 22.9. The molecule has 1 aliphatic carbocycles. The summed E-state index contributed by atoms with van der Waals surface area (Å²) in [6.07, 6.45) is 7.11. The Bertz CT molecular complexity index is 1220. The predicted molar refractivity (Wildman–Crippen MR) is 134 cm³/mol. The van der Waals surface area contributed by atoms with E-state index in [1.165, 1.54) is 25.7 Å². The van der Waals surface area contributed by atoms with E-state index < -0.39 is 0 Å². The molecule has 0 aromatic heterocycles. The largest absolute Gasteiger partial charge is 0.335 e. The maximum Gasteiger partial charge on any atom is 0.257 e. The molecule has 0 spiro atoms. The number of likely N-dealkylation sites (tertiary alicyclic amines) is 1. The first-order chi connectivity index (χ1) is 16.0. The van der Waals surface area contributed by atoms with Crippen molar-refractivity contribution < 1.29 is 9.59 Å². The number of hydrogen-bond acceptors (Lipinski definition) is 2. The molecule has 2 atom stereocenters. The molecule has 2 fully saturated rings. The van der Waals surface area contributed by atoms with Gasteiger partial charge in [-0.2, -0.15) is 0 Å². The Hall–Kier alpha value is -2.56. The van der Waals surface area contributed by atoms with E-state index in [4.69, 9.17) is 23.2 Å². The van der Waals surface area contributed by atoms with E-state index in [1.54, 1.807) is 18.2 Å². The number of anilines is 1. The quantitative estimate of drug-likeness (QED) is 0.430. The average molecular weight is 481 g/mol. The van der Waals surface area contributed by atoms with Crippen molar-refractivity contribution >= 4 is 51.5 Å². The summed E-state index contributed by atoms with van der Waals surface area (Å²) in [5, 5.41) is 5.41. The number of amides is 2. The van der Waals surface area contributed by atoms with Gasteiger partial charge in [0.15, 0.2) is 0 Å². The van der Waals surface area contributed by atoms with Crippen molar-refractivity contribution in [3.8, 4) is 0 Å². The molecule has 170 valence electrons. The van der Waals surface area contributed by atoms with Gasteiger partial charge in [-0.15, -0.1) is 0 Å². The highest BCUT2D eigenvalue weighted by molar-refractivity contribution is 6.37. The third-order valence-electron chi connectivity index (χ3n) is 7.08. The lowest BCUT2D eigenvalue weighted by atomic mass is 9.78. The van der Waals surface area contributed by atoms with Crippen LogP contribution in [0.25, 0.3) is 10.8 Å². The Labute approximate surface area is 203 Å². The molecule has 3 aromatic carbocycles. The van der Waals surface area contributed by atoms with E-state index in [2.05, 4.69) is 10.2 Å². The highest BCUT2D eigenvalue weighted by atomic mass is 35.5. The van der Waals surface area contributed by atoms with E-state index >= 15 is 0 Å². The maximum atomic E-state index is 13.7. The molecular weight excluding hydrogens is 455 g/mol. The number of nitrogens with one attached hydrogen (secondary N) is 1. The molecule has 1 N–H and O–H groups in total. The van der Waals surface area contributed by atoms with Gasteiger partial charge in [0.25, 0.3) is 11.8 Å². The second-order valence-corrected chi connectivity index (χ2v) is 9.88. The van der Waals surface area contributed by atoms with E-state index in [0.717, 1.165) is 30.2 Å². The number of benzene rings is 3. The molecule has 1 aliphatic heterocycles. The third-order valence-corrected chi connectivity index (χ3v) is 7.63. The van der Waals surface area contributed by atoms with Gasteiger partial charge in [0.1, 0.15) is 0 Å². The normalized spacial score (nSPS) is 20.4. The molecule has 3 aromatic rings. The van der Waals surface area contributed by atoms with Crippen molar-refractivity contribution in [3.05, 3.63) is 75.8 Å². The summed E-state index contributed by atoms with van der Waals surface area (Å²) in [7, 11) is 0. The number of carbonyl (C=O) groups is 2. The number of nitrogens with zero attached hydrogens (tertiary/aromatic N) is 1. The first kappa shape index (κ1) is 22.2. The minimum Gasteiger partial charge on any atom is -0.335 e. The number of halogens is 2. The zero-order valence-corrected chi connectivity index (χ0v) is 19.8. The fraction of sp³-hybridized carbons (Fsp3) is 0.333. The lowest BCUT2D eigenvalue weighted by Gasteiger charge is -2.44. The van der Waals surface area contributed by atoms with Crippen LogP contribution in [0.1, 0.15) is 59.2 Å². The van der Waals surface area contributed by atoms with Crippen LogP contribution < -0.4 is 5.32 Å². The van der Waals surface area contributed by atoms with Crippen LogP contribution in [0, 0.1) is 5.92 Å². The maximum absolute atomic E-state index is 13.7. The topological polar surface area (TPSA) is 49.4 Å². The Morgan fingerprint density at radius 1 is 0.848 bits per heavy atom. The van der Waals surface area contributed by atoms with Gasteiger partial charge in [0.05, 0.1) is 10.6 Å². The molecule has 2 aliphatic rings. The van der Waals surface area contributed by atoms with Gasteiger partial charge >= 0.3 is 0 Å². The van der Waals surface area contributed by atoms with E-state index in [1.807, 2.05) is 36.4 Å². The van der Waals surface area contributed by atoms with E-state index in [9.17, 15) is 9.59 Å². The van der Waals surface area contributed by atoms with Gasteiger partial charge in [-0.3, -0.25) is 9.59 Å². The van der Waals surface area contributed by atoms with Gasteiger partial charge in [0.2, 0.25) is 0 Å². The number of fused-ring (bicyclic) bond motifs is 2. The summed E-state index contributed by atoms with van der Waals surface area (Å²) in [6.45, 7) is 0.821. The summed E-state index contributed by atoms with van der Waals surface area (Å²) in [6, 6.07) is 16.5. The minimum atomic E-state index is -0.318. The Balaban J connectivity index is 1.47.